The molecular formula is C14H19ClN2O. The Hall–Kier alpha value is -1.06. The molecule has 1 fully saturated rings. The Morgan fingerprint density at radius 3 is 2.83 bits per heavy atom. The zero-order valence-corrected chi connectivity index (χ0v) is 11.6. The second-order valence-corrected chi connectivity index (χ2v) is 5.63. The molecule has 18 heavy (non-hydrogen) atoms. The van der Waals surface area contributed by atoms with Gasteiger partial charge >= 0.3 is 0 Å². The summed E-state index contributed by atoms with van der Waals surface area (Å²) in [6.45, 7) is 5.42. The Labute approximate surface area is 113 Å². The minimum absolute atomic E-state index is 0.0389. The van der Waals surface area contributed by atoms with Crippen LogP contribution in [0.2, 0.25) is 5.02 Å². The predicted molar refractivity (Wildman–Crippen MR) is 73.8 cm³/mol. The molecule has 1 saturated heterocycles. The molecule has 0 aromatic heterocycles. The van der Waals surface area contributed by atoms with E-state index >= 15 is 0 Å². The van der Waals surface area contributed by atoms with Gasteiger partial charge in [0, 0.05) is 29.7 Å². The standard InChI is InChI=1S/C14H19ClN2O/c1-9-6-11(16)8-17(7-9)14(18)12-4-3-5-13(15)10(12)2/h3-5,9,11H,6-8,16H2,1-2H3. The molecule has 3 nitrogen and oxygen atoms in total. The highest BCUT2D eigenvalue weighted by Crippen LogP contribution is 2.22. The average molecular weight is 267 g/mol. The van der Waals surface area contributed by atoms with Crippen LogP contribution in [0.4, 0.5) is 0 Å². The molecule has 0 aliphatic carbocycles. The van der Waals surface area contributed by atoms with Gasteiger partial charge in [-0.2, -0.15) is 0 Å². The Kier molecular flexibility index (Phi) is 3.93. The molecule has 1 aliphatic heterocycles. The first kappa shape index (κ1) is 13.4. The number of carbonyl (C=O) groups is 1. The fraction of sp³-hybridized carbons (Fsp3) is 0.500. The van der Waals surface area contributed by atoms with Crippen molar-refractivity contribution in [3.8, 4) is 0 Å². The largest absolute Gasteiger partial charge is 0.337 e. The molecule has 0 radical (unpaired) electrons. The van der Waals surface area contributed by atoms with Gasteiger partial charge < -0.3 is 10.6 Å². The minimum Gasteiger partial charge on any atom is -0.337 e. The van der Waals surface area contributed by atoms with E-state index < -0.39 is 0 Å². The van der Waals surface area contributed by atoms with E-state index in [1.54, 1.807) is 6.07 Å². The second kappa shape index (κ2) is 5.29. The number of nitrogens with zero attached hydrogens (tertiary/aromatic N) is 1. The average Bonchev–Trinajstić information content (AvgIpc) is 2.30. The molecule has 1 aliphatic rings. The summed E-state index contributed by atoms with van der Waals surface area (Å²) in [4.78, 5) is 14.3. The fourth-order valence-corrected chi connectivity index (χ4v) is 2.75. The van der Waals surface area contributed by atoms with Crippen molar-refractivity contribution in [3.05, 3.63) is 34.3 Å². The Morgan fingerprint density at radius 1 is 1.44 bits per heavy atom. The van der Waals surface area contributed by atoms with E-state index in [4.69, 9.17) is 17.3 Å². The molecule has 0 spiro atoms. The summed E-state index contributed by atoms with van der Waals surface area (Å²) in [5.41, 5.74) is 7.51. The van der Waals surface area contributed by atoms with E-state index in [1.165, 1.54) is 0 Å². The number of likely N-dealkylation sites (tertiary alicyclic amines) is 1. The third kappa shape index (κ3) is 2.68. The van der Waals surface area contributed by atoms with Crippen molar-refractivity contribution in [1.82, 2.24) is 4.90 Å². The van der Waals surface area contributed by atoms with Crippen molar-refractivity contribution in [3.63, 3.8) is 0 Å². The summed E-state index contributed by atoms with van der Waals surface area (Å²) in [5, 5.41) is 0.634. The van der Waals surface area contributed by atoms with Crippen LogP contribution in [0, 0.1) is 12.8 Å². The maximum absolute atomic E-state index is 12.5. The lowest BCUT2D eigenvalue weighted by Gasteiger charge is -2.35. The van der Waals surface area contributed by atoms with Crippen LogP contribution < -0.4 is 5.73 Å². The van der Waals surface area contributed by atoms with Crippen molar-refractivity contribution in [1.29, 1.82) is 0 Å². The van der Waals surface area contributed by atoms with E-state index in [9.17, 15) is 4.79 Å². The predicted octanol–water partition coefficient (Wildman–Crippen LogP) is 2.46. The van der Waals surface area contributed by atoms with Gasteiger partial charge in [-0.15, -0.1) is 0 Å². The summed E-state index contributed by atoms with van der Waals surface area (Å²) in [7, 11) is 0. The number of hydrogen-bond donors (Lipinski definition) is 1. The highest BCUT2D eigenvalue weighted by molar-refractivity contribution is 6.31. The van der Waals surface area contributed by atoms with Crippen LogP contribution in [0.1, 0.15) is 29.3 Å². The minimum atomic E-state index is 0.0389. The second-order valence-electron chi connectivity index (χ2n) is 5.22. The Balaban J connectivity index is 2.23. The smallest absolute Gasteiger partial charge is 0.254 e. The molecule has 1 heterocycles. The number of halogens is 1. The van der Waals surface area contributed by atoms with Crippen molar-refractivity contribution in [2.24, 2.45) is 11.7 Å². The number of piperidine rings is 1. The molecule has 0 saturated carbocycles. The molecule has 1 aromatic carbocycles. The van der Waals surface area contributed by atoms with Gasteiger partial charge in [-0.3, -0.25) is 4.79 Å². The van der Waals surface area contributed by atoms with Crippen LogP contribution in [-0.4, -0.2) is 29.9 Å². The number of nitrogens with two attached hydrogens (primary N) is 1. The summed E-state index contributed by atoms with van der Waals surface area (Å²) in [6.07, 6.45) is 0.984. The quantitative estimate of drug-likeness (QED) is 0.849. The number of rotatable bonds is 1. The number of carbonyl (C=O) groups excluding carboxylic acids is 1. The Morgan fingerprint density at radius 2 is 2.17 bits per heavy atom. The van der Waals surface area contributed by atoms with Gasteiger partial charge in [0.2, 0.25) is 0 Å². The van der Waals surface area contributed by atoms with Crippen LogP contribution in [0.5, 0.6) is 0 Å². The van der Waals surface area contributed by atoms with E-state index in [0.29, 0.717) is 23.0 Å². The lowest BCUT2D eigenvalue weighted by atomic mass is 9.95. The molecule has 1 aromatic rings. The first-order chi connectivity index (χ1) is 8.49. The number of amides is 1. The van der Waals surface area contributed by atoms with Crippen LogP contribution in [-0.2, 0) is 0 Å². The van der Waals surface area contributed by atoms with Gasteiger partial charge in [0.05, 0.1) is 0 Å². The molecule has 2 rings (SSSR count). The summed E-state index contributed by atoms with van der Waals surface area (Å²) >= 11 is 6.06. The van der Waals surface area contributed by atoms with E-state index in [-0.39, 0.29) is 11.9 Å². The molecule has 2 N–H and O–H groups in total. The number of hydrogen-bond acceptors (Lipinski definition) is 2. The van der Waals surface area contributed by atoms with E-state index in [0.717, 1.165) is 18.5 Å². The molecule has 98 valence electrons. The molecule has 4 heteroatoms. The van der Waals surface area contributed by atoms with Crippen molar-refractivity contribution >= 4 is 17.5 Å². The molecule has 0 bridgehead atoms. The third-order valence-corrected chi connectivity index (χ3v) is 3.89. The fourth-order valence-electron chi connectivity index (χ4n) is 2.58. The molecule has 2 atom stereocenters. The first-order valence-corrected chi connectivity index (χ1v) is 6.66. The number of benzene rings is 1. The highest BCUT2D eigenvalue weighted by Gasteiger charge is 2.27. The van der Waals surface area contributed by atoms with Crippen LogP contribution in [0.15, 0.2) is 18.2 Å². The molecule has 1 amide bonds. The van der Waals surface area contributed by atoms with Gasteiger partial charge in [0.1, 0.15) is 0 Å². The molecule has 2 unspecified atom stereocenters. The van der Waals surface area contributed by atoms with Crippen LogP contribution in [0.25, 0.3) is 0 Å². The topological polar surface area (TPSA) is 46.3 Å². The van der Waals surface area contributed by atoms with Gasteiger partial charge in [0.25, 0.3) is 5.91 Å². The van der Waals surface area contributed by atoms with Crippen LogP contribution >= 0.6 is 11.6 Å². The summed E-state index contributed by atoms with van der Waals surface area (Å²) < 4.78 is 0. The van der Waals surface area contributed by atoms with E-state index in [2.05, 4.69) is 6.92 Å². The SMILES string of the molecule is Cc1c(Cl)cccc1C(=O)N1CC(C)CC(N)C1. The maximum atomic E-state index is 12.5. The van der Waals surface area contributed by atoms with Crippen LogP contribution in [0.3, 0.4) is 0 Å². The zero-order chi connectivity index (χ0) is 13.3. The highest BCUT2D eigenvalue weighted by atomic mass is 35.5. The third-order valence-electron chi connectivity index (χ3n) is 3.48. The summed E-state index contributed by atoms with van der Waals surface area (Å²) in [5.74, 6) is 0.495. The van der Waals surface area contributed by atoms with Gasteiger partial charge in [-0.05, 0) is 37.0 Å². The normalized spacial score (nSPS) is 24.1. The van der Waals surface area contributed by atoms with E-state index in [1.807, 2.05) is 24.0 Å². The molecular weight excluding hydrogens is 248 g/mol. The monoisotopic (exact) mass is 266 g/mol. The Bertz CT molecular complexity index is 451. The van der Waals surface area contributed by atoms with Gasteiger partial charge in [-0.1, -0.05) is 24.6 Å². The lowest BCUT2D eigenvalue weighted by molar-refractivity contribution is 0.0660. The maximum Gasteiger partial charge on any atom is 0.254 e. The summed E-state index contributed by atoms with van der Waals surface area (Å²) in [6, 6.07) is 5.53. The van der Waals surface area contributed by atoms with Crippen molar-refractivity contribution < 1.29 is 4.79 Å². The van der Waals surface area contributed by atoms with Gasteiger partial charge in [0.15, 0.2) is 0 Å². The van der Waals surface area contributed by atoms with Gasteiger partial charge in [-0.25, -0.2) is 0 Å². The van der Waals surface area contributed by atoms with Crippen molar-refractivity contribution in [2.75, 3.05) is 13.1 Å². The lowest BCUT2D eigenvalue weighted by Crippen LogP contribution is -2.48. The van der Waals surface area contributed by atoms with Crippen molar-refractivity contribution in [2.45, 2.75) is 26.3 Å². The first-order valence-electron chi connectivity index (χ1n) is 6.29. The zero-order valence-electron chi connectivity index (χ0n) is 10.8.